The van der Waals surface area contributed by atoms with Crippen LogP contribution < -0.4 is 10.2 Å². The van der Waals surface area contributed by atoms with Crippen LogP contribution in [0.15, 0.2) is 18.3 Å². The number of nitriles is 1. The Morgan fingerprint density at radius 1 is 1.26 bits per heavy atom. The van der Waals surface area contributed by atoms with E-state index >= 15 is 0 Å². The van der Waals surface area contributed by atoms with Crippen molar-refractivity contribution in [1.82, 2.24) is 10.3 Å². The minimum Gasteiger partial charge on any atom is -0.483 e. The van der Waals surface area contributed by atoms with E-state index in [0.29, 0.717) is 5.56 Å². The fourth-order valence-corrected chi connectivity index (χ4v) is 3.58. The van der Waals surface area contributed by atoms with E-state index in [9.17, 15) is 0 Å². The molecule has 6 heteroatoms. The summed E-state index contributed by atoms with van der Waals surface area (Å²) in [5.41, 5.74) is 0.704. The van der Waals surface area contributed by atoms with E-state index in [4.69, 9.17) is 15.2 Å². The summed E-state index contributed by atoms with van der Waals surface area (Å²) >= 11 is 0. The number of anilines is 1. The van der Waals surface area contributed by atoms with Gasteiger partial charge in [0.15, 0.2) is 0 Å². The van der Waals surface area contributed by atoms with Crippen LogP contribution in [0.25, 0.3) is 0 Å². The minimum absolute atomic E-state index is 0.250. The number of carboxylic acid groups (broad SMARTS) is 1. The van der Waals surface area contributed by atoms with E-state index in [2.05, 4.69) is 21.3 Å². The lowest BCUT2D eigenvalue weighted by Crippen LogP contribution is -2.39. The van der Waals surface area contributed by atoms with Crippen LogP contribution >= 0.6 is 0 Å². The minimum atomic E-state index is -0.250. The second kappa shape index (κ2) is 9.11. The van der Waals surface area contributed by atoms with E-state index in [1.807, 2.05) is 6.07 Å². The molecule has 6 nitrogen and oxygen atoms in total. The number of nitrogens with one attached hydrogen (secondary N) is 1. The Kier molecular flexibility index (Phi) is 6.82. The topological polar surface area (TPSA) is 89.3 Å². The van der Waals surface area contributed by atoms with Crippen molar-refractivity contribution in [1.29, 1.82) is 5.26 Å². The molecule has 2 aliphatic heterocycles. The van der Waals surface area contributed by atoms with E-state index in [1.54, 1.807) is 12.3 Å². The monoisotopic (exact) mass is 316 g/mol. The molecule has 1 aromatic rings. The van der Waals surface area contributed by atoms with Crippen molar-refractivity contribution in [2.45, 2.75) is 25.7 Å². The van der Waals surface area contributed by atoms with Crippen LogP contribution in [-0.4, -0.2) is 42.7 Å². The molecule has 2 fully saturated rings. The quantitative estimate of drug-likeness (QED) is 0.810. The summed E-state index contributed by atoms with van der Waals surface area (Å²) in [6, 6.07) is 5.87. The number of hydrogen-bond donors (Lipinski definition) is 2. The van der Waals surface area contributed by atoms with Gasteiger partial charge in [0, 0.05) is 19.3 Å². The third-order valence-corrected chi connectivity index (χ3v) is 4.79. The number of carbonyl (C=O) groups is 1. The van der Waals surface area contributed by atoms with Crippen molar-refractivity contribution in [2.75, 3.05) is 31.1 Å². The summed E-state index contributed by atoms with van der Waals surface area (Å²) in [5.74, 6) is 2.76. The van der Waals surface area contributed by atoms with Crippen LogP contribution in [0.2, 0.25) is 0 Å². The number of rotatable bonds is 2. The molecule has 1 aromatic heterocycles. The number of pyridine rings is 1. The Bertz CT molecular complexity index is 530. The molecule has 0 aliphatic carbocycles. The largest absolute Gasteiger partial charge is 0.483 e. The number of piperidine rings is 2. The standard InChI is InChI=1S/C16H22N4.CH2O2/c17-12-13-1-8-19-16(11-13)20-9-4-15(5-10-20)14-2-6-18-7-3-14;2-1-3/h1,8,11,14-15,18H,2-7,9-10H2;1H,(H,2,3). The zero-order chi connectivity index (χ0) is 16.5. The van der Waals surface area contributed by atoms with Crippen LogP contribution in [-0.2, 0) is 4.79 Å². The van der Waals surface area contributed by atoms with Gasteiger partial charge in [-0.25, -0.2) is 4.98 Å². The third-order valence-electron chi connectivity index (χ3n) is 4.79. The van der Waals surface area contributed by atoms with Crippen molar-refractivity contribution < 1.29 is 9.90 Å². The van der Waals surface area contributed by atoms with E-state index in [0.717, 1.165) is 30.7 Å². The molecule has 0 saturated carbocycles. The van der Waals surface area contributed by atoms with Gasteiger partial charge in [-0.2, -0.15) is 5.26 Å². The zero-order valence-electron chi connectivity index (χ0n) is 13.3. The summed E-state index contributed by atoms with van der Waals surface area (Å²) in [7, 11) is 0. The van der Waals surface area contributed by atoms with Gasteiger partial charge in [-0.15, -0.1) is 0 Å². The summed E-state index contributed by atoms with van der Waals surface area (Å²) in [6.07, 6.45) is 6.96. The molecule has 3 rings (SSSR count). The fraction of sp³-hybridized carbons (Fsp3) is 0.588. The molecule has 0 unspecified atom stereocenters. The number of nitrogens with zero attached hydrogens (tertiary/aromatic N) is 3. The lowest BCUT2D eigenvalue weighted by Gasteiger charge is -2.38. The van der Waals surface area contributed by atoms with E-state index in [-0.39, 0.29) is 6.47 Å². The van der Waals surface area contributed by atoms with Gasteiger partial charge in [-0.3, -0.25) is 4.79 Å². The number of aromatic nitrogens is 1. The van der Waals surface area contributed by atoms with Gasteiger partial charge in [-0.05, 0) is 62.7 Å². The van der Waals surface area contributed by atoms with Gasteiger partial charge in [0.05, 0.1) is 11.6 Å². The molecule has 3 heterocycles. The highest BCUT2D eigenvalue weighted by Crippen LogP contribution is 2.32. The lowest BCUT2D eigenvalue weighted by atomic mass is 9.79. The Labute approximate surface area is 137 Å². The van der Waals surface area contributed by atoms with Crippen LogP contribution in [0.5, 0.6) is 0 Å². The smallest absolute Gasteiger partial charge is 0.290 e. The van der Waals surface area contributed by atoms with Crippen molar-refractivity contribution in [3.05, 3.63) is 23.9 Å². The SMILES string of the molecule is N#Cc1ccnc(N2CCC(C3CCNCC3)CC2)c1.O=CO. The molecule has 124 valence electrons. The van der Waals surface area contributed by atoms with Crippen molar-refractivity contribution >= 4 is 12.3 Å². The zero-order valence-corrected chi connectivity index (χ0v) is 13.3. The first kappa shape index (κ1) is 17.2. The van der Waals surface area contributed by atoms with Gasteiger partial charge in [0.25, 0.3) is 6.47 Å². The van der Waals surface area contributed by atoms with Gasteiger partial charge < -0.3 is 15.3 Å². The molecule has 0 amide bonds. The maximum Gasteiger partial charge on any atom is 0.290 e. The second-order valence-electron chi connectivity index (χ2n) is 6.03. The van der Waals surface area contributed by atoms with Crippen LogP contribution in [0, 0.1) is 23.2 Å². The summed E-state index contributed by atoms with van der Waals surface area (Å²) in [4.78, 5) is 15.1. The molecule has 23 heavy (non-hydrogen) atoms. The molecule has 2 N–H and O–H groups in total. The van der Waals surface area contributed by atoms with Gasteiger partial charge >= 0.3 is 0 Å². The fourth-order valence-electron chi connectivity index (χ4n) is 3.58. The third kappa shape index (κ3) is 4.93. The molecule has 0 spiro atoms. The van der Waals surface area contributed by atoms with Gasteiger partial charge in [0.2, 0.25) is 0 Å². The van der Waals surface area contributed by atoms with E-state index in [1.165, 1.54) is 38.8 Å². The average molecular weight is 316 g/mol. The van der Waals surface area contributed by atoms with Crippen molar-refractivity contribution in [3.8, 4) is 6.07 Å². The molecule has 0 aromatic carbocycles. The normalized spacial score (nSPS) is 19.3. The first-order valence-electron chi connectivity index (χ1n) is 8.18. The highest BCUT2D eigenvalue weighted by Gasteiger charge is 2.27. The highest BCUT2D eigenvalue weighted by atomic mass is 16.3. The average Bonchev–Trinajstić information content (AvgIpc) is 2.63. The van der Waals surface area contributed by atoms with Crippen LogP contribution in [0.1, 0.15) is 31.2 Å². The predicted octanol–water partition coefficient (Wildman–Crippen LogP) is 1.87. The van der Waals surface area contributed by atoms with Gasteiger partial charge in [0.1, 0.15) is 5.82 Å². The first-order valence-corrected chi connectivity index (χ1v) is 8.18. The first-order chi connectivity index (χ1) is 11.3. The Morgan fingerprint density at radius 3 is 2.48 bits per heavy atom. The Morgan fingerprint density at radius 2 is 1.87 bits per heavy atom. The highest BCUT2D eigenvalue weighted by molar-refractivity contribution is 5.45. The molecule has 0 radical (unpaired) electrons. The van der Waals surface area contributed by atoms with Crippen LogP contribution in [0.4, 0.5) is 5.82 Å². The Balaban J connectivity index is 0.000000595. The molecule has 2 saturated heterocycles. The summed E-state index contributed by atoms with van der Waals surface area (Å²) in [6.45, 7) is 4.29. The molecule has 0 atom stereocenters. The van der Waals surface area contributed by atoms with Crippen LogP contribution in [0.3, 0.4) is 0 Å². The second-order valence-corrected chi connectivity index (χ2v) is 6.03. The maximum atomic E-state index is 8.97. The number of hydrogen-bond acceptors (Lipinski definition) is 5. The summed E-state index contributed by atoms with van der Waals surface area (Å²) < 4.78 is 0. The predicted molar refractivity (Wildman–Crippen MR) is 88.2 cm³/mol. The molecule has 2 aliphatic rings. The van der Waals surface area contributed by atoms with Gasteiger partial charge in [-0.1, -0.05) is 0 Å². The lowest BCUT2D eigenvalue weighted by molar-refractivity contribution is -0.122. The molecular weight excluding hydrogens is 292 g/mol. The van der Waals surface area contributed by atoms with E-state index < -0.39 is 0 Å². The van der Waals surface area contributed by atoms with Crippen molar-refractivity contribution in [2.24, 2.45) is 11.8 Å². The summed E-state index contributed by atoms with van der Waals surface area (Å²) in [5, 5.41) is 19.3. The molecular formula is C17H24N4O2. The molecule has 0 bridgehead atoms. The Hall–Kier alpha value is -2.13. The maximum absolute atomic E-state index is 8.97. The van der Waals surface area contributed by atoms with Crippen molar-refractivity contribution in [3.63, 3.8) is 0 Å².